The molecule has 1 atom stereocenters. The first-order valence-corrected chi connectivity index (χ1v) is 11.2. The zero-order valence-corrected chi connectivity index (χ0v) is 16.8. The Bertz CT molecular complexity index is 760. The standard InChI is InChI=1S/C21H26N4O2S/c22-9-19-13-28-14-25(19)20(26)10-23-18-7-5-15(6-8-18)21(27)24-11-16-3-1-2-4-17(16)12-24/h1-4,15,18-19,23H,5-8,10-14H2/t15-,18-,19-/m1/s1. The van der Waals surface area contributed by atoms with Gasteiger partial charge in [0, 0.05) is 30.8 Å². The van der Waals surface area contributed by atoms with Gasteiger partial charge in [-0.2, -0.15) is 5.26 Å². The van der Waals surface area contributed by atoms with Crippen molar-refractivity contribution in [1.29, 1.82) is 5.26 Å². The van der Waals surface area contributed by atoms with E-state index in [0.29, 0.717) is 11.6 Å². The van der Waals surface area contributed by atoms with Crippen molar-refractivity contribution in [2.24, 2.45) is 5.92 Å². The molecular weight excluding hydrogens is 372 g/mol. The summed E-state index contributed by atoms with van der Waals surface area (Å²) < 4.78 is 0. The lowest BCUT2D eigenvalue weighted by atomic mass is 9.85. The maximum atomic E-state index is 12.9. The van der Waals surface area contributed by atoms with E-state index in [0.717, 1.165) is 38.8 Å². The SMILES string of the molecule is N#C[C@@H]1CSCN1C(=O)CN[C@H]1CC[C@H](C(=O)N2Cc3ccccc3C2)CC1. The fraction of sp³-hybridized carbons (Fsp3) is 0.571. The van der Waals surface area contributed by atoms with Crippen molar-refractivity contribution in [3.05, 3.63) is 35.4 Å². The van der Waals surface area contributed by atoms with Crippen LogP contribution in [0.3, 0.4) is 0 Å². The molecule has 2 amide bonds. The highest BCUT2D eigenvalue weighted by atomic mass is 32.2. The van der Waals surface area contributed by atoms with E-state index in [9.17, 15) is 9.59 Å². The molecule has 6 nitrogen and oxygen atoms in total. The number of carbonyl (C=O) groups is 2. The number of hydrogen-bond donors (Lipinski definition) is 1. The Balaban J connectivity index is 1.21. The fourth-order valence-electron chi connectivity index (χ4n) is 4.42. The van der Waals surface area contributed by atoms with E-state index in [2.05, 4.69) is 23.5 Å². The van der Waals surface area contributed by atoms with Crippen LogP contribution in [0.2, 0.25) is 0 Å². The minimum Gasteiger partial charge on any atom is -0.334 e. The van der Waals surface area contributed by atoms with Crippen LogP contribution in [0.5, 0.6) is 0 Å². The predicted octanol–water partition coefficient (Wildman–Crippen LogP) is 2.10. The summed E-state index contributed by atoms with van der Waals surface area (Å²) in [7, 11) is 0. The number of thioether (sulfide) groups is 1. The molecule has 28 heavy (non-hydrogen) atoms. The molecule has 2 heterocycles. The molecule has 7 heteroatoms. The van der Waals surface area contributed by atoms with Crippen molar-refractivity contribution in [2.45, 2.75) is 50.9 Å². The van der Waals surface area contributed by atoms with E-state index in [1.165, 1.54) is 11.1 Å². The van der Waals surface area contributed by atoms with Crippen molar-refractivity contribution in [1.82, 2.24) is 15.1 Å². The van der Waals surface area contributed by atoms with Gasteiger partial charge >= 0.3 is 0 Å². The smallest absolute Gasteiger partial charge is 0.238 e. The van der Waals surface area contributed by atoms with Gasteiger partial charge < -0.3 is 15.1 Å². The summed E-state index contributed by atoms with van der Waals surface area (Å²) in [5.74, 6) is 1.69. The predicted molar refractivity (Wildman–Crippen MR) is 108 cm³/mol. The molecule has 1 N–H and O–H groups in total. The summed E-state index contributed by atoms with van der Waals surface area (Å²) in [5.41, 5.74) is 2.53. The molecule has 1 saturated carbocycles. The first kappa shape index (κ1) is 19.3. The van der Waals surface area contributed by atoms with E-state index in [4.69, 9.17) is 5.26 Å². The summed E-state index contributed by atoms with van der Waals surface area (Å²) in [6.45, 7) is 1.74. The van der Waals surface area contributed by atoms with Gasteiger partial charge in [-0.15, -0.1) is 11.8 Å². The monoisotopic (exact) mass is 398 g/mol. The van der Waals surface area contributed by atoms with Crippen molar-refractivity contribution in [2.75, 3.05) is 18.2 Å². The minimum absolute atomic E-state index is 0.00424. The second-order valence-electron chi connectivity index (χ2n) is 7.90. The minimum atomic E-state index is -0.294. The highest BCUT2D eigenvalue weighted by molar-refractivity contribution is 7.99. The van der Waals surface area contributed by atoms with Crippen LogP contribution >= 0.6 is 11.8 Å². The molecule has 0 unspecified atom stereocenters. The lowest BCUT2D eigenvalue weighted by Crippen LogP contribution is -2.45. The third-order valence-electron chi connectivity index (χ3n) is 6.12. The fourth-order valence-corrected chi connectivity index (χ4v) is 5.52. The first-order chi connectivity index (χ1) is 13.7. The Morgan fingerprint density at radius 2 is 1.82 bits per heavy atom. The molecule has 0 spiro atoms. The van der Waals surface area contributed by atoms with Gasteiger partial charge in [0.2, 0.25) is 11.8 Å². The van der Waals surface area contributed by atoms with E-state index in [-0.39, 0.29) is 36.4 Å². The number of fused-ring (bicyclic) bond motifs is 1. The number of amides is 2. The lowest BCUT2D eigenvalue weighted by molar-refractivity contribution is -0.137. The molecule has 1 aromatic rings. The van der Waals surface area contributed by atoms with Crippen LogP contribution in [0.1, 0.15) is 36.8 Å². The van der Waals surface area contributed by atoms with E-state index < -0.39 is 0 Å². The topological polar surface area (TPSA) is 76.4 Å². The molecular formula is C21H26N4O2S. The number of rotatable bonds is 4. The zero-order valence-electron chi connectivity index (χ0n) is 16.0. The number of nitriles is 1. The van der Waals surface area contributed by atoms with Crippen molar-refractivity contribution >= 4 is 23.6 Å². The largest absolute Gasteiger partial charge is 0.334 e. The Labute approximate surface area is 170 Å². The Morgan fingerprint density at radius 3 is 2.46 bits per heavy atom. The number of nitrogens with one attached hydrogen (secondary N) is 1. The van der Waals surface area contributed by atoms with E-state index >= 15 is 0 Å². The van der Waals surface area contributed by atoms with Gasteiger partial charge in [-0.3, -0.25) is 9.59 Å². The summed E-state index contributed by atoms with van der Waals surface area (Å²) in [6.07, 6.45) is 3.58. The summed E-state index contributed by atoms with van der Waals surface area (Å²) in [6, 6.07) is 10.5. The second kappa shape index (κ2) is 8.54. The van der Waals surface area contributed by atoms with Gasteiger partial charge in [-0.05, 0) is 36.8 Å². The molecule has 4 rings (SSSR count). The maximum absolute atomic E-state index is 12.9. The van der Waals surface area contributed by atoms with Crippen LogP contribution in [0.25, 0.3) is 0 Å². The van der Waals surface area contributed by atoms with Crippen LogP contribution in [0, 0.1) is 17.2 Å². The second-order valence-corrected chi connectivity index (χ2v) is 8.90. The van der Waals surface area contributed by atoms with Gasteiger partial charge in [-0.25, -0.2) is 0 Å². The Hall–Kier alpha value is -2.04. The highest BCUT2D eigenvalue weighted by Gasteiger charge is 2.33. The molecule has 2 aliphatic heterocycles. The molecule has 0 aromatic heterocycles. The van der Waals surface area contributed by atoms with Crippen LogP contribution in [0.15, 0.2) is 24.3 Å². The van der Waals surface area contributed by atoms with Crippen LogP contribution < -0.4 is 5.32 Å². The van der Waals surface area contributed by atoms with Gasteiger partial charge in [0.25, 0.3) is 0 Å². The average Bonchev–Trinajstić information content (AvgIpc) is 3.38. The number of benzene rings is 1. The normalized spacial score (nSPS) is 26.8. The number of nitrogens with zero attached hydrogens (tertiary/aromatic N) is 3. The van der Waals surface area contributed by atoms with Crippen molar-refractivity contribution in [3.63, 3.8) is 0 Å². The lowest BCUT2D eigenvalue weighted by Gasteiger charge is -2.31. The maximum Gasteiger partial charge on any atom is 0.238 e. The van der Waals surface area contributed by atoms with Crippen LogP contribution in [-0.4, -0.2) is 51.9 Å². The van der Waals surface area contributed by atoms with Crippen LogP contribution in [0.4, 0.5) is 0 Å². The summed E-state index contributed by atoms with van der Waals surface area (Å²) in [5, 5.41) is 12.5. The van der Waals surface area contributed by atoms with Crippen LogP contribution in [-0.2, 0) is 22.7 Å². The molecule has 1 saturated heterocycles. The third-order valence-corrected chi connectivity index (χ3v) is 7.13. The third kappa shape index (κ3) is 4.03. The molecule has 1 aromatic carbocycles. The van der Waals surface area contributed by atoms with Crippen molar-refractivity contribution < 1.29 is 9.59 Å². The Kier molecular flexibility index (Phi) is 5.88. The van der Waals surface area contributed by atoms with E-state index in [1.54, 1.807) is 16.7 Å². The quantitative estimate of drug-likeness (QED) is 0.841. The highest BCUT2D eigenvalue weighted by Crippen LogP contribution is 2.30. The van der Waals surface area contributed by atoms with Gasteiger partial charge in [0.15, 0.2) is 0 Å². The molecule has 148 valence electrons. The molecule has 1 aliphatic carbocycles. The van der Waals surface area contributed by atoms with E-state index in [1.807, 2.05) is 17.0 Å². The molecule has 2 fully saturated rings. The zero-order chi connectivity index (χ0) is 19.5. The Morgan fingerprint density at radius 1 is 1.14 bits per heavy atom. The molecule has 3 aliphatic rings. The first-order valence-electron chi connectivity index (χ1n) is 10.0. The van der Waals surface area contributed by atoms with Crippen molar-refractivity contribution in [3.8, 4) is 6.07 Å². The van der Waals surface area contributed by atoms with Gasteiger partial charge in [-0.1, -0.05) is 24.3 Å². The molecule has 0 radical (unpaired) electrons. The van der Waals surface area contributed by atoms with Gasteiger partial charge in [0.1, 0.15) is 6.04 Å². The number of carbonyl (C=O) groups excluding carboxylic acids is 2. The summed E-state index contributed by atoms with van der Waals surface area (Å²) >= 11 is 1.63. The molecule has 0 bridgehead atoms. The summed E-state index contributed by atoms with van der Waals surface area (Å²) in [4.78, 5) is 28.9. The number of hydrogen-bond acceptors (Lipinski definition) is 5. The van der Waals surface area contributed by atoms with Gasteiger partial charge in [0.05, 0.1) is 18.5 Å². The average molecular weight is 399 g/mol.